The quantitative estimate of drug-likeness (QED) is 0.470. The Bertz CT molecular complexity index is 852. The maximum absolute atomic E-state index is 12.4. The number of nitrogens with one attached hydrogen (secondary N) is 2. The largest absolute Gasteiger partial charge is 0.389 e. The molecule has 0 atom stereocenters. The second-order valence-corrected chi connectivity index (χ2v) is 6.53. The van der Waals surface area contributed by atoms with E-state index in [-0.39, 0.29) is 5.57 Å². The van der Waals surface area contributed by atoms with Gasteiger partial charge in [0.15, 0.2) is 0 Å². The first-order valence-corrected chi connectivity index (χ1v) is 8.69. The molecule has 0 aliphatic carbocycles. The van der Waals surface area contributed by atoms with Crippen molar-refractivity contribution in [3.63, 3.8) is 0 Å². The molecule has 4 heteroatoms. The summed E-state index contributed by atoms with van der Waals surface area (Å²) in [6.07, 6.45) is 2.33. The van der Waals surface area contributed by atoms with Crippen LogP contribution in [-0.4, -0.2) is 12.5 Å². The average Bonchev–Trinajstić information content (AvgIpc) is 2.59. The van der Waals surface area contributed by atoms with E-state index in [1.807, 2.05) is 51.1 Å². The standard InChI is InChI=1S/C22H25N3O/c1-15-11-17(3)21(18(4)12-15)25-22(26)20(13-23)14-24-10-9-19-8-6-5-7-16(19)2/h5-8,11-12,14,24H,9-10H2,1-4H3,(H,25,26)/b20-14-. The van der Waals surface area contributed by atoms with Gasteiger partial charge in [-0.25, -0.2) is 0 Å². The van der Waals surface area contributed by atoms with Crippen molar-refractivity contribution >= 4 is 11.6 Å². The van der Waals surface area contributed by atoms with Crippen molar-refractivity contribution in [2.24, 2.45) is 0 Å². The molecule has 0 spiro atoms. The molecule has 26 heavy (non-hydrogen) atoms. The van der Waals surface area contributed by atoms with E-state index in [0.717, 1.165) is 28.8 Å². The molecular weight excluding hydrogens is 322 g/mol. The van der Waals surface area contributed by atoms with E-state index < -0.39 is 5.91 Å². The number of amides is 1. The van der Waals surface area contributed by atoms with Gasteiger partial charge < -0.3 is 10.6 Å². The molecule has 0 unspecified atom stereocenters. The summed E-state index contributed by atoms with van der Waals surface area (Å²) < 4.78 is 0. The second-order valence-electron chi connectivity index (χ2n) is 6.53. The lowest BCUT2D eigenvalue weighted by Gasteiger charge is -2.12. The first-order chi connectivity index (χ1) is 12.4. The zero-order valence-electron chi connectivity index (χ0n) is 15.8. The number of nitrogens with zero attached hydrogens (tertiary/aromatic N) is 1. The van der Waals surface area contributed by atoms with Gasteiger partial charge in [-0.2, -0.15) is 5.26 Å². The summed E-state index contributed by atoms with van der Waals surface area (Å²) in [5.41, 5.74) is 6.44. The Hall–Kier alpha value is -3.06. The van der Waals surface area contributed by atoms with E-state index in [1.165, 1.54) is 17.3 Å². The van der Waals surface area contributed by atoms with Gasteiger partial charge in [0.25, 0.3) is 5.91 Å². The van der Waals surface area contributed by atoms with Crippen LogP contribution >= 0.6 is 0 Å². The monoisotopic (exact) mass is 347 g/mol. The lowest BCUT2D eigenvalue weighted by molar-refractivity contribution is -0.112. The average molecular weight is 347 g/mol. The Morgan fingerprint density at radius 1 is 1.08 bits per heavy atom. The highest BCUT2D eigenvalue weighted by Gasteiger charge is 2.12. The Balaban J connectivity index is 1.99. The fourth-order valence-electron chi connectivity index (χ4n) is 2.98. The lowest BCUT2D eigenvalue weighted by Crippen LogP contribution is -2.19. The van der Waals surface area contributed by atoms with E-state index in [2.05, 4.69) is 29.7 Å². The number of anilines is 1. The summed E-state index contributed by atoms with van der Waals surface area (Å²) in [5, 5.41) is 15.2. The Morgan fingerprint density at radius 3 is 2.35 bits per heavy atom. The molecule has 2 N–H and O–H groups in total. The molecule has 0 fully saturated rings. The number of nitriles is 1. The molecule has 2 rings (SSSR count). The third kappa shape index (κ3) is 4.97. The predicted octanol–water partition coefficient (Wildman–Crippen LogP) is 4.10. The van der Waals surface area contributed by atoms with Gasteiger partial charge in [0, 0.05) is 18.4 Å². The van der Waals surface area contributed by atoms with Crippen LogP contribution in [0.4, 0.5) is 5.69 Å². The molecule has 0 radical (unpaired) electrons. The fourth-order valence-corrected chi connectivity index (χ4v) is 2.98. The SMILES string of the molecule is Cc1cc(C)c(NC(=O)/C(C#N)=C\NCCc2ccccc2C)c(C)c1. The normalized spacial score (nSPS) is 11.0. The van der Waals surface area contributed by atoms with Gasteiger partial charge in [0.05, 0.1) is 0 Å². The smallest absolute Gasteiger partial charge is 0.267 e. The number of hydrogen-bond donors (Lipinski definition) is 2. The number of hydrogen-bond acceptors (Lipinski definition) is 3. The number of aryl methyl sites for hydroxylation is 4. The van der Waals surface area contributed by atoms with Gasteiger partial charge in [0.2, 0.25) is 0 Å². The van der Waals surface area contributed by atoms with Crippen molar-refractivity contribution in [1.29, 1.82) is 5.26 Å². The maximum atomic E-state index is 12.4. The Kier molecular flexibility index (Phi) is 6.57. The van der Waals surface area contributed by atoms with Gasteiger partial charge in [-0.3, -0.25) is 4.79 Å². The molecule has 0 heterocycles. The first kappa shape index (κ1) is 19.3. The highest BCUT2D eigenvalue weighted by Crippen LogP contribution is 2.22. The number of carbonyl (C=O) groups is 1. The second kappa shape index (κ2) is 8.87. The molecule has 4 nitrogen and oxygen atoms in total. The topological polar surface area (TPSA) is 64.9 Å². The zero-order valence-corrected chi connectivity index (χ0v) is 15.8. The van der Waals surface area contributed by atoms with Gasteiger partial charge in [-0.15, -0.1) is 0 Å². The minimum absolute atomic E-state index is 0.0640. The molecule has 134 valence electrons. The Labute approximate surface area is 155 Å². The van der Waals surface area contributed by atoms with Crippen molar-refractivity contribution in [1.82, 2.24) is 5.32 Å². The van der Waals surface area contributed by atoms with Crippen molar-refractivity contribution in [2.75, 3.05) is 11.9 Å². The molecule has 1 amide bonds. The van der Waals surface area contributed by atoms with E-state index in [4.69, 9.17) is 0 Å². The van der Waals surface area contributed by atoms with Gasteiger partial charge in [0.1, 0.15) is 11.6 Å². The van der Waals surface area contributed by atoms with Gasteiger partial charge in [-0.1, -0.05) is 42.0 Å². The summed E-state index contributed by atoms with van der Waals surface area (Å²) >= 11 is 0. The fraction of sp³-hybridized carbons (Fsp3) is 0.273. The third-order valence-corrected chi connectivity index (χ3v) is 4.33. The number of benzene rings is 2. The van der Waals surface area contributed by atoms with Crippen LogP contribution in [0.25, 0.3) is 0 Å². The van der Waals surface area contributed by atoms with Crippen molar-refractivity contribution in [3.8, 4) is 6.07 Å². The van der Waals surface area contributed by atoms with E-state index in [1.54, 1.807) is 0 Å². The van der Waals surface area contributed by atoms with Crippen molar-refractivity contribution < 1.29 is 4.79 Å². The predicted molar refractivity (Wildman–Crippen MR) is 106 cm³/mol. The molecule has 0 saturated carbocycles. The van der Waals surface area contributed by atoms with Crippen LogP contribution in [-0.2, 0) is 11.2 Å². The molecule has 2 aromatic carbocycles. The van der Waals surface area contributed by atoms with Crippen LogP contribution < -0.4 is 10.6 Å². The molecule has 0 aliphatic rings. The van der Waals surface area contributed by atoms with Crippen molar-refractivity contribution in [2.45, 2.75) is 34.1 Å². The molecule has 0 saturated heterocycles. The summed E-state index contributed by atoms with van der Waals surface area (Å²) in [6, 6.07) is 14.2. The maximum Gasteiger partial charge on any atom is 0.267 e. The van der Waals surface area contributed by atoms with Crippen LogP contribution in [0, 0.1) is 39.0 Å². The minimum Gasteiger partial charge on any atom is -0.389 e. The molecular formula is C22H25N3O. The van der Waals surface area contributed by atoms with Crippen LogP contribution in [0.2, 0.25) is 0 Å². The molecule has 0 aromatic heterocycles. The Morgan fingerprint density at radius 2 is 1.73 bits per heavy atom. The molecule has 2 aromatic rings. The van der Waals surface area contributed by atoms with E-state index in [9.17, 15) is 10.1 Å². The summed E-state index contributed by atoms with van der Waals surface area (Å²) in [7, 11) is 0. The van der Waals surface area contributed by atoms with E-state index in [0.29, 0.717) is 6.54 Å². The first-order valence-electron chi connectivity index (χ1n) is 8.69. The highest BCUT2D eigenvalue weighted by molar-refractivity contribution is 6.07. The van der Waals surface area contributed by atoms with Gasteiger partial charge in [-0.05, 0) is 56.4 Å². The highest BCUT2D eigenvalue weighted by atomic mass is 16.1. The lowest BCUT2D eigenvalue weighted by atomic mass is 10.0. The summed E-state index contributed by atoms with van der Waals surface area (Å²) in [5.74, 6) is -0.397. The third-order valence-electron chi connectivity index (χ3n) is 4.33. The molecule has 0 bridgehead atoms. The van der Waals surface area contributed by atoms with Crippen LogP contribution in [0.1, 0.15) is 27.8 Å². The zero-order chi connectivity index (χ0) is 19.1. The van der Waals surface area contributed by atoms with Crippen LogP contribution in [0.15, 0.2) is 48.2 Å². The van der Waals surface area contributed by atoms with Crippen LogP contribution in [0.3, 0.4) is 0 Å². The van der Waals surface area contributed by atoms with Gasteiger partial charge >= 0.3 is 0 Å². The van der Waals surface area contributed by atoms with E-state index >= 15 is 0 Å². The molecule has 0 aliphatic heterocycles. The van der Waals surface area contributed by atoms with Crippen molar-refractivity contribution in [3.05, 3.63) is 76.0 Å². The number of rotatable bonds is 6. The summed E-state index contributed by atoms with van der Waals surface area (Å²) in [6.45, 7) is 8.65. The minimum atomic E-state index is -0.397. The van der Waals surface area contributed by atoms with Crippen LogP contribution in [0.5, 0.6) is 0 Å². The number of carbonyl (C=O) groups excluding carboxylic acids is 1. The summed E-state index contributed by atoms with van der Waals surface area (Å²) in [4.78, 5) is 12.4.